The van der Waals surface area contributed by atoms with Crippen LogP contribution in [-0.2, 0) is 4.79 Å². The van der Waals surface area contributed by atoms with E-state index in [4.69, 9.17) is 21.6 Å². The predicted molar refractivity (Wildman–Crippen MR) is 186 cm³/mol. The minimum absolute atomic E-state index is 0.0765. The summed E-state index contributed by atoms with van der Waals surface area (Å²) in [5, 5.41) is 13.2. The lowest BCUT2D eigenvalue weighted by atomic mass is 9.93. The molecule has 2 aliphatic carbocycles. The van der Waals surface area contributed by atoms with E-state index in [1.54, 1.807) is 0 Å². The van der Waals surface area contributed by atoms with Gasteiger partial charge < -0.3 is 20.0 Å². The predicted octanol–water partition coefficient (Wildman–Crippen LogP) is 6.80. The number of nitrogens with zero attached hydrogens (tertiary/aromatic N) is 6. The lowest BCUT2D eigenvalue weighted by Gasteiger charge is -2.44. The van der Waals surface area contributed by atoms with Gasteiger partial charge >= 0.3 is 0 Å². The van der Waals surface area contributed by atoms with Crippen LogP contribution in [0.25, 0.3) is 32.9 Å². The van der Waals surface area contributed by atoms with E-state index < -0.39 is 5.82 Å². The molecule has 1 amide bonds. The number of piperazine rings is 1. The van der Waals surface area contributed by atoms with Gasteiger partial charge in [-0.1, -0.05) is 24.2 Å². The maximum absolute atomic E-state index is 17.3. The van der Waals surface area contributed by atoms with Gasteiger partial charge in [0.2, 0.25) is 11.9 Å². The van der Waals surface area contributed by atoms with Crippen molar-refractivity contribution in [2.45, 2.75) is 89.4 Å². The number of hydrogen-bond donors (Lipinski definition) is 2. The van der Waals surface area contributed by atoms with E-state index in [-0.39, 0.29) is 29.5 Å². The second-order valence-electron chi connectivity index (χ2n) is 14.1. The summed E-state index contributed by atoms with van der Waals surface area (Å²) in [6, 6.07) is 6.61. The number of aromatic nitrogens is 4. The fourth-order valence-electron chi connectivity index (χ4n) is 7.79. The third-order valence-electron chi connectivity index (χ3n) is 10.7. The molecule has 0 radical (unpaired) electrons. The molecule has 2 saturated heterocycles. The average Bonchev–Trinajstić information content (AvgIpc) is 4.01. The molecule has 4 heterocycles. The van der Waals surface area contributed by atoms with E-state index in [0.717, 1.165) is 72.5 Å². The molecule has 2 atom stereocenters. The van der Waals surface area contributed by atoms with Crippen LogP contribution in [0.4, 0.5) is 16.2 Å². The van der Waals surface area contributed by atoms with E-state index in [9.17, 15) is 4.79 Å². The topological polar surface area (TPSA) is 93.3 Å². The Morgan fingerprint density at radius 3 is 2.53 bits per heavy atom. The molecular weight excluding hydrogens is 615 g/mol. The Morgan fingerprint density at radius 2 is 1.83 bits per heavy atom. The summed E-state index contributed by atoms with van der Waals surface area (Å²) >= 11 is 7.10. The standard InChI is InChI=1S/C36H42ClFN8O/c1-5-28(47)45-17-21(4)46(18-20(45)3)35-25-16-26(37)30(29-19(2)6-11-27-31(29)33(43-42-27)22-7-8-22)32(38)34(25)40-36(41-35)39-23-12-14-44(15-13-23)24-9-10-24/h5-6,11,16,20-24H,1,7-10,12-15,17-18H2,2-4H3,(H,42,43)(H,39,40,41)/t20-,21+/m1/s1. The van der Waals surface area contributed by atoms with Crippen LogP contribution in [0.3, 0.4) is 0 Å². The Balaban J connectivity index is 1.26. The highest BCUT2D eigenvalue weighted by Gasteiger charge is 2.36. The highest BCUT2D eigenvalue weighted by molar-refractivity contribution is 6.35. The number of H-pyrrole nitrogens is 1. The molecule has 8 rings (SSSR count). The van der Waals surface area contributed by atoms with Crippen LogP contribution in [0.15, 0.2) is 30.9 Å². The van der Waals surface area contributed by atoms with Crippen molar-refractivity contribution in [3.8, 4) is 11.1 Å². The van der Waals surface area contributed by atoms with Gasteiger partial charge in [-0.05, 0) is 83.1 Å². The summed E-state index contributed by atoms with van der Waals surface area (Å²) in [5.74, 6) is 0.873. The Labute approximate surface area is 279 Å². The summed E-state index contributed by atoms with van der Waals surface area (Å²) in [6.45, 7) is 12.9. The molecule has 2 aliphatic heterocycles. The number of piperidine rings is 1. The monoisotopic (exact) mass is 656 g/mol. The first-order valence-electron chi connectivity index (χ1n) is 17.1. The number of benzene rings is 2. The van der Waals surface area contributed by atoms with E-state index in [2.05, 4.69) is 38.8 Å². The molecule has 4 fully saturated rings. The molecule has 4 aliphatic rings. The second kappa shape index (κ2) is 11.7. The molecule has 9 nitrogen and oxygen atoms in total. The first-order chi connectivity index (χ1) is 22.7. The third-order valence-corrected chi connectivity index (χ3v) is 11.0. The quantitative estimate of drug-likeness (QED) is 0.211. The number of likely N-dealkylation sites (tertiary alicyclic amines) is 1. The van der Waals surface area contributed by atoms with E-state index in [0.29, 0.717) is 46.7 Å². The van der Waals surface area contributed by atoms with E-state index >= 15 is 4.39 Å². The van der Waals surface area contributed by atoms with Crippen LogP contribution >= 0.6 is 11.6 Å². The molecule has 246 valence electrons. The van der Waals surface area contributed by atoms with Crippen LogP contribution in [-0.4, -0.2) is 86.2 Å². The number of rotatable bonds is 7. The van der Waals surface area contributed by atoms with E-state index in [1.807, 2.05) is 36.9 Å². The zero-order chi connectivity index (χ0) is 32.6. The number of amides is 1. The highest BCUT2D eigenvalue weighted by Crippen LogP contribution is 2.48. The number of halogens is 2. The molecule has 4 aromatic rings. The average molecular weight is 657 g/mol. The fourth-order valence-corrected chi connectivity index (χ4v) is 8.07. The zero-order valence-corrected chi connectivity index (χ0v) is 28.1. The number of fused-ring (bicyclic) bond motifs is 2. The zero-order valence-electron chi connectivity index (χ0n) is 27.3. The second-order valence-corrected chi connectivity index (χ2v) is 14.5. The summed E-state index contributed by atoms with van der Waals surface area (Å²) in [7, 11) is 0. The van der Waals surface area contributed by atoms with Crippen molar-refractivity contribution < 1.29 is 9.18 Å². The van der Waals surface area contributed by atoms with Gasteiger partial charge in [-0.2, -0.15) is 10.1 Å². The minimum atomic E-state index is -0.456. The number of aryl methyl sites for hydroxylation is 1. The summed E-state index contributed by atoms with van der Waals surface area (Å²) in [6.07, 6.45) is 8.10. The number of aromatic amines is 1. The first-order valence-corrected chi connectivity index (χ1v) is 17.5. The van der Waals surface area contributed by atoms with Gasteiger partial charge in [0.05, 0.1) is 16.2 Å². The summed E-state index contributed by atoms with van der Waals surface area (Å²) in [4.78, 5) is 29.2. The van der Waals surface area contributed by atoms with Gasteiger partial charge in [0, 0.05) is 78.2 Å². The van der Waals surface area contributed by atoms with Crippen molar-refractivity contribution in [2.24, 2.45) is 0 Å². The number of nitrogens with one attached hydrogen (secondary N) is 2. The number of carbonyl (C=O) groups excluding carboxylic acids is 1. The van der Waals surface area contributed by atoms with Gasteiger partial charge in [0.15, 0.2) is 5.82 Å². The maximum atomic E-state index is 17.3. The minimum Gasteiger partial charge on any atom is -0.351 e. The van der Waals surface area contributed by atoms with Crippen LogP contribution in [0.5, 0.6) is 0 Å². The first kappa shape index (κ1) is 30.6. The molecule has 0 unspecified atom stereocenters. The van der Waals surface area contributed by atoms with Crippen LogP contribution in [0, 0.1) is 12.7 Å². The van der Waals surface area contributed by atoms with Crippen LogP contribution < -0.4 is 10.2 Å². The fraction of sp³-hybridized carbons (Fsp3) is 0.500. The van der Waals surface area contributed by atoms with Crippen LogP contribution in [0.2, 0.25) is 5.02 Å². The van der Waals surface area contributed by atoms with Crippen molar-refractivity contribution in [2.75, 3.05) is 36.4 Å². The molecule has 2 aromatic carbocycles. The van der Waals surface area contributed by atoms with E-state index in [1.165, 1.54) is 18.9 Å². The van der Waals surface area contributed by atoms with Crippen molar-refractivity contribution in [1.29, 1.82) is 0 Å². The number of anilines is 2. The molecule has 11 heteroatoms. The summed E-state index contributed by atoms with van der Waals surface area (Å²) in [5.41, 5.74) is 4.14. The third kappa shape index (κ3) is 5.43. The lowest BCUT2D eigenvalue weighted by molar-refractivity contribution is -0.128. The number of carbonyl (C=O) groups is 1. The molecular formula is C36H42ClFN8O. The van der Waals surface area contributed by atoms with Gasteiger partial charge in [-0.3, -0.25) is 9.89 Å². The number of hydrogen-bond acceptors (Lipinski definition) is 7. The SMILES string of the molecule is C=CC(=O)N1C[C@H](C)N(c2nc(NC3CCN(C4CC4)CC3)nc3c(F)c(-c4c(C)ccc5[nH]nc(C6CC6)c45)c(Cl)cc23)C[C@H]1C. The molecule has 2 saturated carbocycles. The Hall–Kier alpha value is -3.76. The largest absolute Gasteiger partial charge is 0.351 e. The Morgan fingerprint density at radius 1 is 1.06 bits per heavy atom. The molecule has 2 aromatic heterocycles. The van der Waals surface area contributed by atoms with Crippen molar-refractivity contribution >= 4 is 51.1 Å². The molecule has 47 heavy (non-hydrogen) atoms. The maximum Gasteiger partial charge on any atom is 0.246 e. The Kier molecular flexibility index (Phi) is 7.63. The molecule has 2 N–H and O–H groups in total. The molecule has 0 spiro atoms. The van der Waals surface area contributed by atoms with Gasteiger partial charge in [-0.15, -0.1) is 0 Å². The normalized spacial score (nSPS) is 22.7. The van der Waals surface area contributed by atoms with Crippen molar-refractivity contribution in [3.05, 3.63) is 53.0 Å². The smallest absolute Gasteiger partial charge is 0.246 e. The van der Waals surface area contributed by atoms with Crippen molar-refractivity contribution in [1.82, 2.24) is 30.0 Å². The van der Waals surface area contributed by atoms with Crippen molar-refractivity contribution in [3.63, 3.8) is 0 Å². The highest BCUT2D eigenvalue weighted by atomic mass is 35.5. The Bertz CT molecular complexity index is 1890. The lowest BCUT2D eigenvalue weighted by Crippen LogP contribution is -2.58. The van der Waals surface area contributed by atoms with Gasteiger partial charge in [-0.25, -0.2) is 9.37 Å². The van der Waals surface area contributed by atoms with Crippen LogP contribution in [0.1, 0.15) is 69.5 Å². The van der Waals surface area contributed by atoms with Gasteiger partial charge in [0.25, 0.3) is 0 Å². The van der Waals surface area contributed by atoms with Gasteiger partial charge in [0.1, 0.15) is 11.3 Å². The molecule has 0 bridgehead atoms. The summed E-state index contributed by atoms with van der Waals surface area (Å²) < 4.78 is 17.3.